The van der Waals surface area contributed by atoms with Gasteiger partial charge in [-0.3, -0.25) is 0 Å². The van der Waals surface area contributed by atoms with Crippen LogP contribution in [-0.4, -0.2) is 9.13 Å². The zero-order valence-corrected chi connectivity index (χ0v) is 38.6. The molecule has 0 saturated carbocycles. The molecule has 0 N–H and O–H groups in total. The summed E-state index contributed by atoms with van der Waals surface area (Å²) in [5.74, 6) is 0.902. The predicted molar refractivity (Wildman–Crippen MR) is 294 cm³/mol. The molecular formula is C67H50N2. The zero-order chi connectivity index (χ0) is 45.8. The van der Waals surface area contributed by atoms with Gasteiger partial charge in [-0.25, -0.2) is 0 Å². The summed E-state index contributed by atoms with van der Waals surface area (Å²) in [5.41, 5.74) is 21.0. The number of hydrogen-bond acceptors (Lipinski definition) is 0. The van der Waals surface area contributed by atoms with Gasteiger partial charge in [0.2, 0.25) is 0 Å². The lowest BCUT2D eigenvalue weighted by Gasteiger charge is -2.19. The van der Waals surface area contributed by atoms with Crippen LogP contribution in [0.15, 0.2) is 249 Å². The molecular weight excluding hydrogens is 833 g/mol. The minimum Gasteiger partial charge on any atom is -0.310 e. The fourth-order valence-corrected chi connectivity index (χ4v) is 11.0. The van der Waals surface area contributed by atoms with Gasteiger partial charge >= 0.3 is 0 Å². The highest BCUT2D eigenvalue weighted by Crippen LogP contribution is 2.40. The monoisotopic (exact) mass is 882 g/mol. The maximum absolute atomic E-state index is 2.45. The van der Waals surface area contributed by atoms with E-state index in [0.29, 0.717) is 11.8 Å². The average molecular weight is 883 g/mol. The largest absolute Gasteiger partial charge is 0.310 e. The lowest BCUT2D eigenvalue weighted by atomic mass is 9.89. The molecule has 0 fully saturated rings. The van der Waals surface area contributed by atoms with Crippen molar-refractivity contribution < 1.29 is 0 Å². The summed E-state index contributed by atoms with van der Waals surface area (Å²) in [6.07, 6.45) is 16.2. The number of benzene rings is 9. The first-order valence-corrected chi connectivity index (χ1v) is 24.4. The first-order chi connectivity index (χ1) is 34.1. The van der Waals surface area contributed by atoms with E-state index in [-0.39, 0.29) is 0 Å². The molecule has 1 unspecified atom stereocenters. The second kappa shape index (κ2) is 17.0. The summed E-state index contributed by atoms with van der Waals surface area (Å²) < 4.78 is 4.83. The van der Waals surface area contributed by atoms with Gasteiger partial charge in [-0.1, -0.05) is 195 Å². The minimum atomic E-state index is 0.299. The van der Waals surface area contributed by atoms with Gasteiger partial charge in [0, 0.05) is 38.8 Å². The third kappa shape index (κ3) is 7.37. The van der Waals surface area contributed by atoms with E-state index >= 15 is 0 Å². The van der Waals surface area contributed by atoms with Crippen LogP contribution in [0.4, 0.5) is 0 Å². The molecule has 13 rings (SSSR count). The number of rotatable bonds is 8. The molecule has 0 aliphatic heterocycles. The molecule has 0 spiro atoms. The number of nitrogens with zero attached hydrogens (tertiary/aromatic N) is 2. The smallest absolute Gasteiger partial charge is 0.0541 e. The van der Waals surface area contributed by atoms with E-state index in [0.717, 1.165) is 12.8 Å². The summed E-state index contributed by atoms with van der Waals surface area (Å²) in [4.78, 5) is 0. The molecule has 0 saturated heterocycles. The number of aromatic nitrogens is 2. The quantitative estimate of drug-likeness (QED) is 0.144. The predicted octanol–water partition coefficient (Wildman–Crippen LogP) is 18.1. The van der Waals surface area contributed by atoms with Gasteiger partial charge in [0.25, 0.3) is 0 Å². The molecule has 0 amide bonds. The molecule has 69 heavy (non-hydrogen) atoms. The van der Waals surface area contributed by atoms with Gasteiger partial charge in [0.1, 0.15) is 0 Å². The van der Waals surface area contributed by atoms with E-state index in [4.69, 9.17) is 0 Å². The van der Waals surface area contributed by atoms with Crippen LogP contribution in [0.25, 0.3) is 105 Å². The normalized spacial score (nSPS) is 15.8. The van der Waals surface area contributed by atoms with E-state index in [9.17, 15) is 0 Å². The van der Waals surface area contributed by atoms with Crippen molar-refractivity contribution in [1.29, 1.82) is 0 Å². The van der Waals surface area contributed by atoms with Crippen molar-refractivity contribution in [3.8, 4) is 50.2 Å². The highest BCUT2D eigenvalue weighted by Gasteiger charge is 2.19. The fourth-order valence-electron chi connectivity index (χ4n) is 11.0. The number of hydrogen-bond donors (Lipinski definition) is 0. The molecule has 9 aromatic carbocycles. The van der Waals surface area contributed by atoms with Crippen LogP contribution in [0, 0.1) is 5.92 Å². The van der Waals surface area contributed by atoms with E-state index in [1.807, 2.05) is 0 Å². The van der Waals surface area contributed by atoms with Gasteiger partial charge in [-0.15, -0.1) is 0 Å². The Labute approximate surface area is 403 Å². The maximum atomic E-state index is 2.45. The van der Waals surface area contributed by atoms with Gasteiger partial charge in [0.15, 0.2) is 0 Å². The standard InChI is InChI=1S/C67H50N2/c1-45-23-25-48(26-24-45)53-13-9-14-54(42-53)55-15-10-16-56(43-55)57-35-40-67-63(44-57)62-19-4-7-22-66(62)69(67)59-38-33-50(34-39-59)52-12-8-11-51(41-52)49-29-27-46(28-30-49)47-31-36-58(37-32-47)68-64-20-5-2-17-60(64)61-18-3-6-21-65(61)68/h2-23,25-33,35-45,50H,24,34H2,1H3/t45-,50?/m1/s1. The highest BCUT2D eigenvalue weighted by molar-refractivity contribution is 6.12. The van der Waals surface area contributed by atoms with Crippen molar-refractivity contribution in [3.63, 3.8) is 0 Å². The lowest BCUT2D eigenvalue weighted by Crippen LogP contribution is -2.03. The van der Waals surface area contributed by atoms with Gasteiger partial charge in [-0.2, -0.15) is 0 Å². The van der Waals surface area contributed by atoms with Crippen molar-refractivity contribution in [2.45, 2.75) is 25.7 Å². The highest BCUT2D eigenvalue weighted by atomic mass is 15.0. The second-order valence-corrected chi connectivity index (χ2v) is 18.9. The van der Waals surface area contributed by atoms with Crippen LogP contribution in [0.1, 0.15) is 36.8 Å². The fraction of sp³-hybridized carbons (Fsp3) is 0.0746. The minimum absolute atomic E-state index is 0.299. The molecule has 2 heterocycles. The zero-order valence-electron chi connectivity index (χ0n) is 38.6. The van der Waals surface area contributed by atoms with Crippen LogP contribution in [0.3, 0.4) is 0 Å². The molecule has 2 heteroatoms. The van der Waals surface area contributed by atoms with Crippen LogP contribution in [0.5, 0.6) is 0 Å². The van der Waals surface area contributed by atoms with E-state index in [1.165, 1.54) is 116 Å². The SMILES string of the molecule is C[C@@H]1C=CC(c2cccc(-c3cccc(-c4ccc5c(c4)c4ccccc4n5C4=CCC(c5cccc(-c6ccc(-c7ccc(-n8c9ccccc9c9ccccc98)cc7)cc6)c5)C=C4)c3)c2)=CC1. The third-order valence-corrected chi connectivity index (χ3v) is 14.6. The Hall–Kier alpha value is -8.46. The third-order valence-electron chi connectivity index (χ3n) is 14.6. The average Bonchev–Trinajstić information content (AvgIpc) is 3.94. The first kappa shape index (κ1) is 40.8. The van der Waals surface area contributed by atoms with Crippen molar-refractivity contribution >= 4 is 54.9 Å². The summed E-state index contributed by atoms with van der Waals surface area (Å²) >= 11 is 0. The summed E-state index contributed by atoms with van der Waals surface area (Å²) in [6, 6.07) is 78.4. The Bertz CT molecular complexity index is 3850. The summed E-state index contributed by atoms with van der Waals surface area (Å²) in [6.45, 7) is 2.27. The van der Waals surface area contributed by atoms with Crippen LogP contribution >= 0.6 is 0 Å². The van der Waals surface area contributed by atoms with Crippen LogP contribution in [0.2, 0.25) is 0 Å². The van der Waals surface area contributed by atoms with E-state index in [2.05, 4.69) is 265 Å². The summed E-state index contributed by atoms with van der Waals surface area (Å²) in [5, 5.41) is 5.10. The second-order valence-electron chi connectivity index (χ2n) is 18.9. The Balaban J connectivity index is 0.737. The Kier molecular flexibility index (Phi) is 10.1. The molecule has 2 aromatic heterocycles. The van der Waals surface area contributed by atoms with Crippen molar-refractivity contribution in [3.05, 3.63) is 260 Å². The molecule has 0 bridgehead atoms. The van der Waals surface area contributed by atoms with E-state index < -0.39 is 0 Å². The number of para-hydroxylation sites is 3. The van der Waals surface area contributed by atoms with Crippen molar-refractivity contribution in [2.24, 2.45) is 5.92 Å². The number of allylic oxidation sites excluding steroid dienone is 8. The molecule has 0 radical (unpaired) electrons. The van der Waals surface area contributed by atoms with Crippen molar-refractivity contribution in [2.75, 3.05) is 0 Å². The Morgan fingerprint density at radius 1 is 0.348 bits per heavy atom. The Morgan fingerprint density at radius 3 is 1.45 bits per heavy atom. The van der Waals surface area contributed by atoms with E-state index in [1.54, 1.807) is 0 Å². The van der Waals surface area contributed by atoms with Gasteiger partial charge in [-0.05, 0) is 141 Å². The molecule has 2 aliphatic rings. The summed E-state index contributed by atoms with van der Waals surface area (Å²) in [7, 11) is 0. The maximum Gasteiger partial charge on any atom is 0.0541 e. The molecule has 2 aliphatic carbocycles. The van der Waals surface area contributed by atoms with Gasteiger partial charge in [0.05, 0.1) is 22.1 Å². The lowest BCUT2D eigenvalue weighted by molar-refractivity contribution is 0.739. The van der Waals surface area contributed by atoms with Crippen LogP contribution in [-0.2, 0) is 0 Å². The molecule has 11 aromatic rings. The van der Waals surface area contributed by atoms with Crippen molar-refractivity contribution in [1.82, 2.24) is 9.13 Å². The van der Waals surface area contributed by atoms with Crippen LogP contribution < -0.4 is 0 Å². The number of fused-ring (bicyclic) bond motifs is 6. The molecule has 328 valence electrons. The first-order valence-electron chi connectivity index (χ1n) is 24.4. The molecule has 2 nitrogen and oxygen atoms in total. The molecule has 2 atom stereocenters. The van der Waals surface area contributed by atoms with Gasteiger partial charge < -0.3 is 9.13 Å². The Morgan fingerprint density at radius 2 is 0.841 bits per heavy atom. The topological polar surface area (TPSA) is 9.86 Å².